The number of hydrogen-bond donors (Lipinski definition) is 1. The fraction of sp³-hybridized carbons (Fsp3) is 0.133. The van der Waals surface area contributed by atoms with Crippen LogP contribution in [0, 0.1) is 0 Å². The molecule has 19 heavy (non-hydrogen) atoms. The van der Waals surface area contributed by atoms with Gasteiger partial charge < -0.3 is 10.0 Å². The lowest BCUT2D eigenvalue weighted by Crippen LogP contribution is -2.16. The minimum Gasteiger partial charge on any atom is -0.478 e. The molecule has 98 valence electrons. The summed E-state index contributed by atoms with van der Waals surface area (Å²) in [5.74, 6) is -0.921. The lowest BCUT2D eigenvalue weighted by Gasteiger charge is -2.24. The van der Waals surface area contributed by atoms with E-state index in [-0.39, 0.29) is 5.56 Å². The Morgan fingerprint density at radius 2 is 1.89 bits per heavy atom. The molecule has 0 spiro atoms. The Kier molecular flexibility index (Phi) is 4.22. The summed E-state index contributed by atoms with van der Waals surface area (Å²) in [7, 11) is 0. The van der Waals surface area contributed by atoms with Gasteiger partial charge in [0.1, 0.15) is 0 Å². The molecular weight excluding hydrogens is 306 g/mol. The third-order valence-corrected chi connectivity index (χ3v) is 3.50. The lowest BCUT2D eigenvalue weighted by molar-refractivity contribution is 0.0697. The SMILES string of the molecule is CCN(c1ccccc1)c1ccc(C(=O)O)cc1Br. The normalized spacial score (nSPS) is 10.2. The van der Waals surface area contributed by atoms with E-state index in [0.29, 0.717) is 0 Å². The standard InChI is InChI=1S/C15H14BrNO2/c1-2-17(12-6-4-3-5-7-12)14-9-8-11(15(18)19)10-13(14)16/h3-10H,2H2,1H3,(H,18,19). The molecule has 2 aromatic carbocycles. The minimum atomic E-state index is -0.921. The fourth-order valence-corrected chi connectivity index (χ4v) is 2.55. The van der Waals surface area contributed by atoms with Crippen molar-refractivity contribution in [3.8, 4) is 0 Å². The van der Waals surface area contributed by atoms with E-state index in [9.17, 15) is 4.79 Å². The summed E-state index contributed by atoms with van der Waals surface area (Å²) < 4.78 is 0.776. The molecule has 0 heterocycles. The maximum Gasteiger partial charge on any atom is 0.335 e. The van der Waals surface area contributed by atoms with Crippen LogP contribution in [0.3, 0.4) is 0 Å². The summed E-state index contributed by atoms with van der Waals surface area (Å²) in [5.41, 5.74) is 2.31. The molecule has 0 aliphatic rings. The molecule has 1 N–H and O–H groups in total. The number of carboxylic acids is 1. The average molecular weight is 320 g/mol. The molecule has 2 rings (SSSR count). The Morgan fingerprint density at radius 1 is 1.21 bits per heavy atom. The third kappa shape index (κ3) is 2.96. The molecule has 0 amide bonds. The predicted molar refractivity (Wildman–Crippen MR) is 80.2 cm³/mol. The van der Waals surface area contributed by atoms with Gasteiger partial charge in [0, 0.05) is 16.7 Å². The highest BCUT2D eigenvalue weighted by molar-refractivity contribution is 9.10. The average Bonchev–Trinajstić information content (AvgIpc) is 2.42. The lowest BCUT2D eigenvalue weighted by atomic mass is 10.2. The highest BCUT2D eigenvalue weighted by atomic mass is 79.9. The van der Waals surface area contributed by atoms with Gasteiger partial charge in [-0.1, -0.05) is 18.2 Å². The van der Waals surface area contributed by atoms with Crippen molar-refractivity contribution in [2.24, 2.45) is 0 Å². The molecule has 0 fully saturated rings. The van der Waals surface area contributed by atoms with Crippen LogP contribution in [0.15, 0.2) is 53.0 Å². The number of hydrogen-bond acceptors (Lipinski definition) is 2. The van der Waals surface area contributed by atoms with Crippen molar-refractivity contribution in [3.63, 3.8) is 0 Å². The number of carbonyl (C=O) groups is 1. The number of halogens is 1. The van der Waals surface area contributed by atoms with Gasteiger partial charge in [-0.25, -0.2) is 4.79 Å². The van der Waals surface area contributed by atoms with Gasteiger partial charge in [-0.15, -0.1) is 0 Å². The largest absolute Gasteiger partial charge is 0.478 e. The first-order valence-electron chi connectivity index (χ1n) is 5.99. The Morgan fingerprint density at radius 3 is 2.42 bits per heavy atom. The van der Waals surface area contributed by atoms with Gasteiger partial charge >= 0.3 is 5.97 Å². The van der Waals surface area contributed by atoms with E-state index in [1.54, 1.807) is 12.1 Å². The van der Waals surface area contributed by atoms with Gasteiger partial charge in [0.25, 0.3) is 0 Å². The number of para-hydroxylation sites is 1. The second-order valence-electron chi connectivity index (χ2n) is 4.05. The predicted octanol–water partition coefficient (Wildman–Crippen LogP) is 4.31. The Hall–Kier alpha value is -1.81. The van der Waals surface area contributed by atoms with Gasteiger partial charge in [0.15, 0.2) is 0 Å². The summed E-state index contributed by atoms with van der Waals surface area (Å²) in [4.78, 5) is 13.1. The van der Waals surface area contributed by atoms with Gasteiger partial charge in [0.05, 0.1) is 11.3 Å². The van der Waals surface area contributed by atoms with E-state index in [4.69, 9.17) is 5.11 Å². The number of anilines is 2. The maximum absolute atomic E-state index is 10.9. The number of rotatable bonds is 4. The quantitative estimate of drug-likeness (QED) is 0.913. The molecule has 0 aromatic heterocycles. The van der Waals surface area contributed by atoms with E-state index in [0.717, 1.165) is 22.4 Å². The topological polar surface area (TPSA) is 40.5 Å². The highest BCUT2D eigenvalue weighted by Crippen LogP contribution is 2.32. The van der Waals surface area contributed by atoms with Gasteiger partial charge in [-0.2, -0.15) is 0 Å². The van der Waals surface area contributed by atoms with Crippen molar-refractivity contribution < 1.29 is 9.90 Å². The smallest absolute Gasteiger partial charge is 0.335 e. The van der Waals surface area contributed by atoms with E-state index >= 15 is 0 Å². The zero-order valence-corrected chi connectivity index (χ0v) is 12.1. The molecule has 3 nitrogen and oxygen atoms in total. The van der Waals surface area contributed by atoms with Crippen LogP contribution in [0.4, 0.5) is 11.4 Å². The first-order valence-corrected chi connectivity index (χ1v) is 6.78. The summed E-state index contributed by atoms with van der Waals surface area (Å²) in [6.07, 6.45) is 0. The van der Waals surface area contributed by atoms with Crippen LogP contribution in [0.1, 0.15) is 17.3 Å². The summed E-state index contributed by atoms with van der Waals surface area (Å²) >= 11 is 3.45. The van der Waals surface area contributed by atoms with Crippen LogP contribution in [-0.2, 0) is 0 Å². The van der Waals surface area contributed by atoms with Gasteiger partial charge in [0.2, 0.25) is 0 Å². The molecule has 0 saturated heterocycles. The number of benzene rings is 2. The molecule has 0 radical (unpaired) electrons. The maximum atomic E-state index is 10.9. The van der Waals surface area contributed by atoms with Crippen molar-refractivity contribution >= 4 is 33.3 Å². The Bertz CT molecular complexity index is 584. The first-order chi connectivity index (χ1) is 9.13. The second kappa shape index (κ2) is 5.89. The molecule has 0 unspecified atom stereocenters. The van der Waals surface area contributed by atoms with E-state index < -0.39 is 5.97 Å². The summed E-state index contributed by atoms with van der Waals surface area (Å²) in [5, 5.41) is 8.98. The number of carboxylic acid groups (broad SMARTS) is 1. The van der Waals surface area contributed by atoms with Crippen molar-refractivity contribution in [2.75, 3.05) is 11.4 Å². The summed E-state index contributed by atoms with van der Waals surface area (Å²) in [6, 6.07) is 15.1. The minimum absolute atomic E-state index is 0.278. The van der Waals surface area contributed by atoms with Crippen LogP contribution in [-0.4, -0.2) is 17.6 Å². The fourth-order valence-electron chi connectivity index (χ4n) is 1.96. The number of aromatic carboxylic acids is 1. The summed E-state index contributed by atoms with van der Waals surface area (Å²) in [6.45, 7) is 2.86. The van der Waals surface area contributed by atoms with Crippen LogP contribution >= 0.6 is 15.9 Å². The highest BCUT2D eigenvalue weighted by Gasteiger charge is 2.12. The monoisotopic (exact) mass is 319 g/mol. The Labute approximate surface area is 120 Å². The van der Waals surface area contributed by atoms with E-state index in [1.807, 2.05) is 36.4 Å². The van der Waals surface area contributed by atoms with Crippen molar-refractivity contribution in [1.82, 2.24) is 0 Å². The zero-order chi connectivity index (χ0) is 13.8. The van der Waals surface area contributed by atoms with E-state index in [2.05, 4.69) is 27.8 Å². The van der Waals surface area contributed by atoms with Crippen molar-refractivity contribution in [3.05, 3.63) is 58.6 Å². The molecule has 0 atom stereocenters. The van der Waals surface area contributed by atoms with Crippen LogP contribution in [0.5, 0.6) is 0 Å². The third-order valence-electron chi connectivity index (χ3n) is 2.87. The van der Waals surface area contributed by atoms with Crippen LogP contribution in [0.25, 0.3) is 0 Å². The van der Waals surface area contributed by atoms with Crippen LogP contribution in [0.2, 0.25) is 0 Å². The molecule has 0 aliphatic carbocycles. The van der Waals surface area contributed by atoms with Crippen molar-refractivity contribution in [1.29, 1.82) is 0 Å². The van der Waals surface area contributed by atoms with Crippen LogP contribution < -0.4 is 4.90 Å². The molecular formula is C15H14BrNO2. The van der Waals surface area contributed by atoms with E-state index in [1.165, 1.54) is 0 Å². The molecule has 4 heteroatoms. The zero-order valence-electron chi connectivity index (χ0n) is 10.5. The molecule has 0 bridgehead atoms. The molecule has 0 saturated carbocycles. The molecule has 0 aliphatic heterocycles. The van der Waals surface area contributed by atoms with Crippen molar-refractivity contribution in [2.45, 2.75) is 6.92 Å². The van der Waals surface area contributed by atoms with Gasteiger partial charge in [-0.05, 0) is 53.2 Å². The molecule has 2 aromatic rings. The van der Waals surface area contributed by atoms with Gasteiger partial charge in [-0.3, -0.25) is 0 Å². The Balaban J connectivity index is 2.42. The number of nitrogens with zero attached hydrogens (tertiary/aromatic N) is 1. The second-order valence-corrected chi connectivity index (χ2v) is 4.91. The first kappa shape index (κ1) is 13.6.